The molecule has 3 rings (SSSR count). The average Bonchev–Trinajstić information content (AvgIpc) is 2.48. The normalized spacial score (nSPS) is 26.5. The molecular weight excluding hydrogens is 252 g/mol. The zero-order valence-corrected chi connectivity index (χ0v) is 12.4. The molecule has 1 aromatic rings. The second-order valence-corrected chi connectivity index (χ2v) is 6.04. The number of methoxy groups -OCH3 is 1. The third kappa shape index (κ3) is 2.76. The van der Waals surface area contributed by atoms with Gasteiger partial charge in [0.05, 0.1) is 11.3 Å². The molecule has 0 aromatic heterocycles. The van der Waals surface area contributed by atoms with Crippen LogP contribution >= 0.6 is 0 Å². The number of rotatable bonds is 3. The van der Waals surface area contributed by atoms with E-state index < -0.39 is 0 Å². The maximum atomic E-state index is 5.85. The summed E-state index contributed by atoms with van der Waals surface area (Å²) in [6.45, 7) is 6.90. The van der Waals surface area contributed by atoms with Crippen molar-refractivity contribution in [3.8, 4) is 5.75 Å². The Morgan fingerprint density at radius 2 is 2.35 bits per heavy atom. The number of hydrogen-bond donors (Lipinski definition) is 1. The predicted octanol–water partition coefficient (Wildman–Crippen LogP) is 2.49. The van der Waals surface area contributed by atoms with Crippen LogP contribution in [0.4, 0.5) is 5.69 Å². The molecule has 4 nitrogen and oxygen atoms in total. The molecule has 1 unspecified atom stereocenters. The van der Waals surface area contributed by atoms with Gasteiger partial charge in [0, 0.05) is 32.3 Å². The Labute approximate surface area is 121 Å². The van der Waals surface area contributed by atoms with Gasteiger partial charge in [0.1, 0.15) is 12.4 Å². The second kappa shape index (κ2) is 5.62. The van der Waals surface area contributed by atoms with E-state index in [-0.39, 0.29) is 5.60 Å². The highest BCUT2D eigenvalue weighted by molar-refractivity contribution is 5.61. The van der Waals surface area contributed by atoms with Gasteiger partial charge in [-0.3, -0.25) is 4.90 Å². The van der Waals surface area contributed by atoms with Gasteiger partial charge in [-0.1, -0.05) is 12.1 Å². The maximum Gasteiger partial charge on any atom is 0.146 e. The number of ether oxygens (including phenoxy) is 2. The zero-order valence-electron chi connectivity index (χ0n) is 12.4. The van der Waals surface area contributed by atoms with Crippen LogP contribution in [0.15, 0.2) is 18.2 Å². The van der Waals surface area contributed by atoms with Crippen LogP contribution in [0.5, 0.6) is 5.75 Å². The molecule has 1 saturated heterocycles. The second-order valence-electron chi connectivity index (χ2n) is 6.04. The minimum Gasteiger partial charge on any atom is -0.489 e. The summed E-state index contributed by atoms with van der Waals surface area (Å²) >= 11 is 0. The zero-order chi connectivity index (χ0) is 14.0. The third-order valence-corrected chi connectivity index (χ3v) is 4.39. The Balaban J connectivity index is 1.75. The minimum atomic E-state index is -0.00774. The monoisotopic (exact) mass is 276 g/mol. The van der Waals surface area contributed by atoms with Gasteiger partial charge in [-0.2, -0.15) is 0 Å². The molecule has 0 bridgehead atoms. The molecule has 0 spiro atoms. The number of benzene rings is 1. The van der Waals surface area contributed by atoms with Crippen LogP contribution < -0.4 is 10.1 Å². The van der Waals surface area contributed by atoms with Crippen molar-refractivity contribution in [2.45, 2.75) is 31.9 Å². The molecule has 0 radical (unpaired) electrons. The van der Waals surface area contributed by atoms with Crippen molar-refractivity contribution in [2.75, 3.05) is 38.7 Å². The summed E-state index contributed by atoms with van der Waals surface area (Å²) in [6.07, 6.45) is 2.34. The van der Waals surface area contributed by atoms with Crippen LogP contribution in [-0.2, 0) is 11.3 Å². The number of anilines is 1. The Hall–Kier alpha value is -1.26. The number of likely N-dealkylation sites (tertiary alicyclic amines) is 1. The van der Waals surface area contributed by atoms with Crippen LogP contribution in [0.3, 0.4) is 0 Å². The van der Waals surface area contributed by atoms with E-state index in [9.17, 15) is 0 Å². The number of fused-ring (bicyclic) bond motifs is 1. The van der Waals surface area contributed by atoms with Crippen LogP contribution in [-0.4, -0.2) is 43.9 Å². The molecular formula is C16H24N2O2. The van der Waals surface area contributed by atoms with Crippen molar-refractivity contribution in [1.82, 2.24) is 4.90 Å². The van der Waals surface area contributed by atoms with E-state index in [0.29, 0.717) is 0 Å². The fourth-order valence-corrected chi connectivity index (χ4v) is 3.21. The summed E-state index contributed by atoms with van der Waals surface area (Å²) in [4.78, 5) is 2.47. The Morgan fingerprint density at radius 1 is 1.45 bits per heavy atom. The van der Waals surface area contributed by atoms with Gasteiger partial charge >= 0.3 is 0 Å². The lowest BCUT2D eigenvalue weighted by molar-refractivity contribution is -0.0528. The summed E-state index contributed by atoms with van der Waals surface area (Å²) in [5, 5.41) is 3.40. The van der Waals surface area contributed by atoms with E-state index >= 15 is 0 Å². The molecule has 0 aliphatic carbocycles. The van der Waals surface area contributed by atoms with Crippen molar-refractivity contribution in [1.29, 1.82) is 0 Å². The van der Waals surface area contributed by atoms with Crippen molar-refractivity contribution < 1.29 is 9.47 Å². The smallest absolute Gasteiger partial charge is 0.146 e. The minimum absolute atomic E-state index is 0.00774. The molecule has 1 fully saturated rings. The lowest BCUT2D eigenvalue weighted by Gasteiger charge is -2.39. The van der Waals surface area contributed by atoms with Crippen LogP contribution in [0.2, 0.25) is 0 Å². The predicted molar refractivity (Wildman–Crippen MR) is 80.4 cm³/mol. The standard InChI is InChI=1S/C16H24N2O2/c1-16(19-2)7-4-9-18(12-16)11-13-5-3-6-14-15(13)20-10-8-17-14/h3,5-6,17H,4,7-12H2,1-2H3. The molecule has 20 heavy (non-hydrogen) atoms. The van der Waals surface area contributed by atoms with Gasteiger partial charge in [0.2, 0.25) is 0 Å². The molecule has 2 aliphatic rings. The largest absolute Gasteiger partial charge is 0.489 e. The van der Waals surface area contributed by atoms with E-state index in [0.717, 1.165) is 50.6 Å². The highest BCUT2D eigenvalue weighted by Gasteiger charge is 2.31. The topological polar surface area (TPSA) is 33.7 Å². The summed E-state index contributed by atoms with van der Waals surface area (Å²) in [5.74, 6) is 1.03. The van der Waals surface area contributed by atoms with Gasteiger partial charge in [0.15, 0.2) is 0 Å². The molecule has 1 atom stereocenters. The molecule has 2 aliphatic heterocycles. The Bertz CT molecular complexity index is 478. The SMILES string of the molecule is COC1(C)CCCN(Cc2cccc3c2OCCN3)C1. The van der Waals surface area contributed by atoms with Crippen molar-refractivity contribution in [3.63, 3.8) is 0 Å². The molecule has 0 amide bonds. The number of para-hydroxylation sites is 1. The van der Waals surface area contributed by atoms with Gasteiger partial charge in [-0.15, -0.1) is 0 Å². The summed E-state index contributed by atoms with van der Waals surface area (Å²) in [5.41, 5.74) is 2.39. The fourth-order valence-electron chi connectivity index (χ4n) is 3.21. The molecule has 1 aromatic carbocycles. The first kappa shape index (κ1) is 13.7. The first-order chi connectivity index (χ1) is 9.70. The summed E-state index contributed by atoms with van der Waals surface area (Å²) < 4.78 is 11.5. The molecule has 110 valence electrons. The quantitative estimate of drug-likeness (QED) is 0.919. The van der Waals surface area contributed by atoms with E-state index in [1.807, 2.05) is 7.11 Å². The fraction of sp³-hybridized carbons (Fsp3) is 0.625. The van der Waals surface area contributed by atoms with Gasteiger partial charge in [0.25, 0.3) is 0 Å². The Morgan fingerprint density at radius 3 is 3.20 bits per heavy atom. The summed E-state index contributed by atoms with van der Waals surface area (Å²) in [7, 11) is 1.82. The number of piperidine rings is 1. The molecule has 0 saturated carbocycles. The van der Waals surface area contributed by atoms with E-state index in [1.165, 1.54) is 12.0 Å². The van der Waals surface area contributed by atoms with Crippen LogP contribution in [0, 0.1) is 0 Å². The molecule has 4 heteroatoms. The maximum absolute atomic E-state index is 5.85. The average molecular weight is 276 g/mol. The molecule has 2 heterocycles. The number of nitrogens with one attached hydrogen (secondary N) is 1. The Kier molecular flexibility index (Phi) is 3.85. The molecule has 1 N–H and O–H groups in total. The van der Waals surface area contributed by atoms with E-state index in [2.05, 4.69) is 35.3 Å². The van der Waals surface area contributed by atoms with Crippen molar-refractivity contribution in [2.24, 2.45) is 0 Å². The third-order valence-electron chi connectivity index (χ3n) is 4.39. The van der Waals surface area contributed by atoms with Gasteiger partial charge < -0.3 is 14.8 Å². The van der Waals surface area contributed by atoms with Crippen molar-refractivity contribution in [3.05, 3.63) is 23.8 Å². The van der Waals surface area contributed by atoms with E-state index in [1.54, 1.807) is 0 Å². The van der Waals surface area contributed by atoms with Gasteiger partial charge in [-0.25, -0.2) is 0 Å². The van der Waals surface area contributed by atoms with Gasteiger partial charge in [-0.05, 0) is 32.4 Å². The lowest BCUT2D eigenvalue weighted by atomic mass is 9.94. The first-order valence-electron chi connectivity index (χ1n) is 7.46. The summed E-state index contributed by atoms with van der Waals surface area (Å²) in [6, 6.07) is 6.37. The number of hydrogen-bond acceptors (Lipinski definition) is 4. The first-order valence-corrected chi connectivity index (χ1v) is 7.46. The lowest BCUT2D eigenvalue weighted by Crippen LogP contribution is -2.46. The van der Waals surface area contributed by atoms with Crippen LogP contribution in [0.25, 0.3) is 0 Å². The highest BCUT2D eigenvalue weighted by atomic mass is 16.5. The van der Waals surface area contributed by atoms with Crippen molar-refractivity contribution >= 4 is 5.69 Å². The van der Waals surface area contributed by atoms with E-state index in [4.69, 9.17) is 9.47 Å². The number of nitrogens with zero attached hydrogens (tertiary/aromatic N) is 1. The van der Waals surface area contributed by atoms with Crippen LogP contribution in [0.1, 0.15) is 25.3 Å². The highest BCUT2D eigenvalue weighted by Crippen LogP contribution is 2.33.